The lowest BCUT2D eigenvalue weighted by Gasteiger charge is -2.18. The van der Waals surface area contributed by atoms with Gasteiger partial charge in [0.2, 0.25) is 5.91 Å². The molecule has 1 unspecified atom stereocenters. The fourth-order valence-corrected chi connectivity index (χ4v) is 5.38. The van der Waals surface area contributed by atoms with Crippen LogP contribution < -0.4 is 10.2 Å². The minimum absolute atomic E-state index is 0.112. The fraction of sp³-hybridized carbons (Fsp3) is 0.125. The first-order valence-electron chi connectivity index (χ1n) is 9.92. The summed E-state index contributed by atoms with van der Waals surface area (Å²) in [6.45, 7) is 0.142. The van der Waals surface area contributed by atoms with Gasteiger partial charge in [0.15, 0.2) is 0 Å². The highest BCUT2D eigenvalue weighted by atomic mass is 79.9. The summed E-state index contributed by atoms with van der Waals surface area (Å²) in [4.78, 5) is 27.8. The monoisotopic (exact) mass is 585 g/mol. The van der Waals surface area contributed by atoms with Gasteiger partial charge in [0.25, 0.3) is 5.91 Å². The van der Waals surface area contributed by atoms with Crippen molar-refractivity contribution >= 4 is 61.1 Å². The number of halogens is 2. The molecule has 1 aliphatic heterocycles. The van der Waals surface area contributed by atoms with Crippen LogP contribution in [-0.2, 0) is 22.6 Å². The van der Waals surface area contributed by atoms with Crippen molar-refractivity contribution in [1.82, 2.24) is 5.32 Å². The summed E-state index contributed by atoms with van der Waals surface area (Å²) in [7, 11) is 0. The van der Waals surface area contributed by atoms with Crippen molar-refractivity contribution in [2.45, 2.75) is 18.2 Å². The van der Waals surface area contributed by atoms with E-state index in [1.807, 2.05) is 42.5 Å². The average molecular weight is 587 g/mol. The SMILES string of the molecule is N#CC(C(=O)NCc1ccco1)=C1SC(Cc2cccc(Br)c2)C(=O)N1c1ccc(Br)cc1. The van der Waals surface area contributed by atoms with Crippen LogP contribution in [-0.4, -0.2) is 17.1 Å². The maximum absolute atomic E-state index is 13.5. The van der Waals surface area contributed by atoms with Gasteiger partial charge in [0.1, 0.15) is 22.4 Å². The van der Waals surface area contributed by atoms with E-state index in [9.17, 15) is 14.9 Å². The van der Waals surface area contributed by atoms with E-state index in [4.69, 9.17) is 4.42 Å². The van der Waals surface area contributed by atoms with E-state index in [0.717, 1.165) is 14.5 Å². The quantitative estimate of drug-likeness (QED) is 0.302. The molecule has 2 amide bonds. The van der Waals surface area contributed by atoms with Crippen LogP contribution in [0.5, 0.6) is 0 Å². The molecule has 9 heteroatoms. The standard InChI is InChI=1S/C24H17Br2N3O3S/c25-16-6-8-18(9-7-16)29-23(31)21(12-15-3-1-4-17(26)11-15)33-24(29)20(13-27)22(30)28-14-19-5-2-10-32-19/h1-11,21H,12,14H2,(H,28,30). The van der Waals surface area contributed by atoms with Gasteiger partial charge in [-0.05, 0) is 60.5 Å². The van der Waals surface area contributed by atoms with Crippen molar-refractivity contribution in [3.8, 4) is 6.07 Å². The third-order valence-corrected chi connectivity index (χ3v) is 7.19. The molecule has 2 aromatic carbocycles. The number of anilines is 1. The predicted octanol–water partition coefficient (Wildman–Crippen LogP) is 5.55. The number of amides is 2. The van der Waals surface area contributed by atoms with E-state index in [0.29, 0.717) is 22.9 Å². The number of hydrogen-bond acceptors (Lipinski definition) is 5. The summed E-state index contributed by atoms with van der Waals surface area (Å²) in [6, 6.07) is 20.4. The van der Waals surface area contributed by atoms with Crippen molar-refractivity contribution < 1.29 is 14.0 Å². The minimum Gasteiger partial charge on any atom is -0.467 e. The molecule has 3 aromatic rings. The number of benzene rings is 2. The molecule has 4 rings (SSSR count). The number of rotatable bonds is 6. The molecular formula is C24H17Br2N3O3S. The van der Waals surface area contributed by atoms with Crippen LogP contribution in [0.4, 0.5) is 5.69 Å². The first kappa shape index (κ1) is 23.4. The van der Waals surface area contributed by atoms with Gasteiger partial charge in [-0.2, -0.15) is 5.26 Å². The highest BCUT2D eigenvalue weighted by molar-refractivity contribution is 9.10. The van der Waals surface area contributed by atoms with Crippen molar-refractivity contribution in [3.63, 3.8) is 0 Å². The Morgan fingerprint density at radius 1 is 1.12 bits per heavy atom. The molecule has 0 aliphatic carbocycles. The highest BCUT2D eigenvalue weighted by Crippen LogP contribution is 2.42. The second-order valence-electron chi connectivity index (χ2n) is 7.14. The molecular weight excluding hydrogens is 570 g/mol. The summed E-state index contributed by atoms with van der Waals surface area (Å²) in [5.74, 6) is -0.170. The largest absolute Gasteiger partial charge is 0.467 e. The van der Waals surface area contributed by atoms with Crippen LogP contribution in [0.3, 0.4) is 0 Å². The number of carbonyl (C=O) groups excluding carboxylic acids is 2. The number of hydrogen-bond donors (Lipinski definition) is 1. The Morgan fingerprint density at radius 2 is 1.91 bits per heavy atom. The van der Waals surface area contributed by atoms with E-state index in [2.05, 4.69) is 37.2 Å². The topological polar surface area (TPSA) is 86.3 Å². The third-order valence-electron chi connectivity index (χ3n) is 4.90. The molecule has 1 fully saturated rings. The molecule has 1 aromatic heterocycles. The number of thioether (sulfide) groups is 1. The second-order valence-corrected chi connectivity index (χ2v) is 10.2. The summed E-state index contributed by atoms with van der Waals surface area (Å²) in [5, 5.41) is 12.4. The zero-order chi connectivity index (χ0) is 23.4. The number of nitriles is 1. The summed E-state index contributed by atoms with van der Waals surface area (Å²) in [5.41, 5.74) is 1.46. The Morgan fingerprint density at radius 3 is 2.58 bits per heavy atom. The van der Waals surface area contributed by atoms with Crippen LogP contribution in [0.25, 0.3) is 0 Å². The van der Waals surface area contributed by atoms with Crippen LogP contribution in [0.1, 0.15) is 11.3 Å². The van der Waals surface area contributed by atoms with Crippen LogP contribution in [0, 0.1) is 11.3 Å². The number of furan rings is 1. The molecule has 1 saturated heterocycles. The molecule has 0 radical (unpaired) electrons. The van der Waals surface area contributed by atoms with Crippen LogP contribution >= 0.6 is 43.6 Å². The van der Waals surface area contributed by atoms with Crippen molar-refractivity contribution in [2.75, 3.05) is 4.90 Å². The Bertz CT molecular complexity index is 1250. The van der Waals surface area contributed by atoms with Gasteiger partial charge >= 0.3 is 0 Å². The summed E-state index contributed by atoms with van der Waals surface area (Å²) in [6.07, 6.45) is 1.98. The van der Waals surface area contributed by atoms with Gasteiger partial charge in [0.05, 0.1) is 18.1 Å². The zero-order valence-electron chi connectivity index (χ0n) is 17.1. The molecule has 33 heavy (non-hydrogen) atoms. The van der Waals surface area contributed by atoms with Crippen molar-refractivity contribution in [3.05, 3.63) is 97.8 Å². The van der Waals surface area contributed by atoms with Gasteiger partial charge in [0, 0.05) is 14.6 Å². The number of nitrogens with zero attached hydrogens (tertiary/aromatic N) is 2. The van der Waals surface area contributed by atoms with Gasteiger partial charge in [-0.15, -0.1) is 0 Å². The second kappa shape index (κ2) is 10.4. The molecule has 1 N–H and O–H groups in total. The van der Waals surface area contributed by atoms with Crippen LogP contribution in [0.2, 0.25) is 0 Å². The molecule has 0 bridgehead atoms. The minimum atomic E-state index is -0.561. The summed E-state index contributed by atoms with van der Waals surface area (Å²) < 4.78 is 7.02. The Kier molecular flexibility index (Phi) is 7.38. The van der Waals surface area contributed by atoms with E-state index < -0.39 is 11.2 Å². The highest BCUT2D eigenvalue weighted by Gasteiger charge is 2.40. The van der Waals surface area contributed by atoms with Gasteiger partial charge in [-0.25, -0.2) is 0 Å². The molecule has 0 saturated carbocycles. The maximum atomic E-state index is 13.5. The Hall–Kier alpha value is -2.80. The van der Waals surface area contributed by atoms with Crippen LogP contribution in [0.15, 0.2) is 90.9 Å². The van der Waals surface area contributed by atoms with E-state index in [1.165, 1.54) is 22.9 Å². The first-order valence-corrected chi connectivity index (χ1v) is 12.4. The predicted molar refractivity (Wildman–Crippen MR) is 134 cm³/mol. The van der Waals surface area contributed by atoms with Crippen molar-refractivity contribution in [2.24, 2.45) is 0 Å². The van der Waals surface area contributed by atoms with E-state index >= 15 is 0 Å². The molecule has 1 atom stereocenters. The normalized spacial score (nSPS) is 17.1. The molecule has 2 heterocycles. The Balaban J connectivity index is 1.68. The smallest absolute Gasteiger partial charge is 0.265 e. The van der Waals surface area contributed by atoms with Gasteiger partial charge in [-0.1, -0.05) is 55.8 Å². The maximum Gasteiger partial charge on any atom is 0.265 e. The molecule has 166 valence electrons. The number of nitrogens with one attached hydrogen (secondary N) is 1. The van der Waals surface area contributed by atoms with E-state index in [-0.39, 0.29) is 18.0 Å². The number of carbonyl (C=O) groups is 2. The lowest BCUT2D eigenvalue weighted by molar-refractivity contribution is -0.117. The zero-order valence-corrected chi connectivity index (χ0v) is 21.1. The average Bonchev–Trinajstić information content (AvgIpc) is 3.42. The summed E-state index contributed by atoms with van der Waals surface area (Å²) >= 11 is 8.10. The fourth-order valence-electron chi connectivity index (χ4n) is 3.36. The van der Waals surface area contributed by atoms with Crippen molar-refractivity contribution in [1.29, 1.82) is 5.26 Å². The Labute approximate surface area is 211 Å². The molecule has 6 nitrogen and oxygen atoms in total. The lowest BCUT2D eigenvalue weighted by Crippen LogP contribution is -2.32. The third kappa shape index (κ3) is 5.41. The lowest BCUT2D eigenvalue weighted by atomic mass is 10.1. The first-order chi connectivity index (χ1) is 16.0. The molecule has 1 aliphatic rings. The molecule has 0 spiro atoms. The van der Waals surface area contributed by atoms with Gasteiger partial charge < -0.3 is 9.73 Å². The van der Waals surface area contributed by atoms with E-state index in [1.54, 1.807) is 24.3 Å². The van der Waals surface area contributed by atoms with Gasteiger partial charge in [-0.3, -0.25) is 14.5 Å².